The average Bonchev–Trinajstić information content (AvgIpc) is 2.95. The van der Waals surface area contributed by atoms with Gasteiger partial charge in [-0.1, -0.05) is 29.3 Å². The summed E-state index contributed by atoms with van der Waals surface area (Å²) in [5, 5.41) is 0.839. The molecule has 0 fully saturated rings. The SMILES string of the molecule is COc1ccc(C=C2N=C(c3ccc(Cl)cc3Cl)OC2=O)cc1OC. The van der Waals surface area contributed by atoms with E-state index in [-0.39, 0.29) is 11.6 Å². The number of nitrogens with zero attached hydrogens (tertiary/aromatic N) is 1. The number of benzene rings is 2. The Bertz CT molecular complexity index is 906. The second kappa shape index (κ2) is 7.17. The van der Waals surface area contributed by atoms with Crippen LogP contribution in [0.2, 0.25) is 10.0 Å². The van der Waals surface area contributed by atoms with Crippen molar-refractivity contribution in [3.05, 3.63) is 63.3 Å². The van der Waals surface area contributed by atoms with Gasteiger partial charge >= 0.3 is 5.97 Å². The van der Waals surface area contributed by atoms with Gasteiger partial charge in [-0.3, -0.25) is 0 Å². The maximum Gasteiger partial charge on any atom is 0.363 e. The molecule has 0 aliphatic carbocycles. The molecule has 1 aliphatic rings. The van der Waals surface area contributed by atoms with Crippen LogP contribution in [0.25, 0.3) is 6.08 Å². The summed E-state index contributed by atoms with van der Waals surface area (Å²) in [5.74, 6) is 0.721. The maximum atomic E-state index is 12.1. The van der Waals surface area contributed by atoms with Crippen LogP contribution in [-0.2, 0) is 9.53 Å². The molecule has 0 saturated carbocycles. The van der Waals surface area contributed by atoms with Crippen LogP contribution in [0.5, 0.6) is 11.5 Å². The van der Waals surface area contributed by atoms with Gasteiger partial charge < -0.3 is 14.2 Å². The van der Waals surface area contributed by atoms with E-state index in [4.69, 9.17) is 37.4 Å². The summed E-state index contributed by atoms with van der Waals surface area (Å²) >= 11 is 12.0. The molecular weight excluding hydrogens is 365 g/mol. The zero-order chi connectivity index (χ0) is 18.0. The first kappa shape index (κ1) is 17.3. The Labute approximate surface area is 154 Å². The molecule has 3 rings (SSSR count). The van der Waals surface area contributed by atoms with E-state index in [2.05, 4.69) is 4.99 Å². The number of hydrogen-bond donors (Lipinski definition) is 0. The van der Waals surface area contributed by atoms with Crippen molar-refractivity contribution in [1.29, 1.82) is 0 Å². The van der Waals surface area contributed by atoms with Crippen LogP contribution >= 0.6 is 23.2 Å². The Balaban J connectivity index is 1.96. The lowest BCUT2D eigenvalue weighted by atomic mass is 10.1. The van der Waals surface area contributed by atoms with E-state index in [0.29, 0.717) is 27.1 Å². The number of hydrogen-bond acceptors (Lipinski definition) is 5. The van der Waals surface area contributed by atoms with Crippen LogP contribution in [-0.4, -0.2) is 26.1 Å². The van der Waals surface area contributed by atoms with Crippen LogP contribution in [0.3, 0.4) is 0 Å². The molecule has 0 amide bonds. The molecule has 1 heterocycles. The Morgan fingerprint density at radius 3 is 2.48 bits per heavy atom. The minimum atomic E-state index is -0.559. The highest BCUT2D eigenvalue weighted by Crippen LogP contribution is 2.30. The van der Waals surface area contributed by atoms with Crippen LogP contribution in [0.1, 0.15) is 11.1 Å². The zero-order valence-electron chi connectivity index (χ0n) is 13.4. The molecule has 128 valence electrons. The number of halogens is 2. The number of carbonyl (C=O) groups excluding carboxylic acids is 1. The van der Waals surface area contributed by atoms with Gasteiger partial charge in [0.2, 0.25) is 5.90 Å². The van der Waals surface area contributed by atoms with Gasteiger partial charge in [0, 0.05) is 5.02 Å². The zero-order valence-corrected chi connectivity index (χ0v) is 14.9. The molecule has 0 saturated heterocycles. The monoisotopic (exact) mass is 377 g/mol. The van der Waals surface area contributed by atoms with Crippen molar-refractivity contribution in [3.63, 3.8) is 0 Å². The van der Waals surface area contributed by atoms with Gasteiger partial charge in [0.25, 0.3) is 0 Å². The smallest absolute Gasteiger partial charge is 0.363 e. The van der Waals surface area contributed by atoms with E-state index < -0.39 is 5.97 Å². The van der Waals surface area contributed by atoms with Gasteiger partial charge in [-0.25, -0.2) is 9.79 Å². The molecule has 2 aromatic rings. The van der Waals surface area contributed by atoms with Crippen LogP contribution in [0.15, 0.2) is 47.1 Å². The molecule has 0 atom stereocenters. The van der Waals surface area contributed by atoms with Crippen molar-refractivity contribution < 1.29 is 19.0 Å². The molecule has 0 spiro atoms. The molecule has 0 N–H and O–H groups in total. The summed E-state index contributed by atoms with van der Waals surface area (Å²) in [6.45, 7) is 0. The maximum absolute atomic E-state index is 12.1. The molecule has 0 unspecified atom stereocenters. The molecule has 7 heteroatoms. The summed E-state index contributed by atoms with van der Waals surface area (Å²) < 4.78 is 15.7. The van der Waals surface area contributed by atoms with E-state index in [9.17, 15) is 4.79 Å². The lowest BCUT2D eigenvalue weighted by Crippen LogP contribution is -2.05. The summed E-state index contributed by atoms with van der Waals surface area (Å²) in [6, 6.07) is 10.1. The Kier molecular flexibility index (Phi) is 4.97. The van der Waals surface area contributed by atoms with Crippen molar-refractivity contribution in [3.8, 4) is 11.5 Å². The topological polar surface area (TPSA) is 57.1 Å². The first-order valence-corrected chi connectivity index (χ1v) is 7.97. The van der Waals surface area contributed by atoms with Crippen LogP contribution in [0.4, 0.5) is 0 Å². The molecule has 5 nitrogen and oxygen atoms in total. The second-order valence-electron chi connectivity index (χ2n) is 5.07. The highest BCUT2D eigenvalue weighted by Gasteiger charge is 2.25. The highest BCUT2D eigenvalue weighted by atomic mass is 35.5. The number of ether oxygens (including phenoxy) is 3. The fourth-order valence-electron chi connectivity index (χ4n) is 2.29. The normalized spacial score (nSPS) is 15.1. The number of rotatable bonds is 4. The molecule has 0 radical (unpaired) electrons. The quantitative estimate of drug-likeness (QED) is 0.586. The van der Waals surface area contributed by atoms with Crippen molar-refractivity contribution in [2.24, 2.45) is 4.99 Å². The third kappa shape index (κ3) is 3.62. The predicted octanol–water partition coefficient (Wildman–Crippen LogP) is 4.36. The number of cyclic esters (lactones) is 1. The van der Waals surface area contributed by atoms with Crippen molar-refractivity contribution >= 4 is 41.1 Å². The lowest BCUT2D eigenvalue weighted by molar-refractivity contribution is -0.129. The van der Waals surface area contributed by atoms with E-state index in [1.54, 1.807) is 49.6 Å². The Hall–Kier alpha value is -2.50. The Morgan fingerprint density at radius 1 is 1.04 bits per heavy atom. The van der Waals surface area contributed by atoms with Crippen molar-refractivity contribution in [2.75, 3.05) is 14.2 Å². The van der Waals surface area contributed by atoms with Gasteiger partial charge in [-0.2, -0.15) is 0 Å². The second-order valence-corrected chi connectivity index (χ2v) is 5.92. The number of methoxy groups -OCH3 is 2. The van der Waals surface area contributed by atoms with Crippen molar-refractivity contribution in [1.82, 2.24) is 0 Å². The molecule has 25 heavy (non-hydrogen) atoms. The molecule has 2 aromatic carbocycles. The van der Waals surface area contributed by atoms with E-state index in [0.717, 1.165) is 5.56 Å². The summed E-state index contributed by atoms with van der Waals surface area (Å²) in [5.41, 5.74) is 1.38. The van der Waals surface area contributed by atoms with Gasteiger partial charge in [0.15, 0.2) is 17.2 Å². The van der Waals surface area contributed by atoms with Gasteiger partial charge in [-0.05, 0) is 42.0 Å². The largest absolute Gasteiger partial charge is 0.493 e. The first-order chi connectivity index (χ1) is 12.0. The van der Waals surface area contributed by atoms with E-state index in [1.807, 2.05) is 0 Å². The fourth-order valence-corrected chi connectivity index (χ4v) is 2.78. The summed E-state index contributed by atoms with van der Waals surface area (Å²) in [6.07, 6.45) is 1.60. The van der Waals surface area contributed by atoms with Gasteiger partial charge in [0.05, 0.1) is 24.8 Å². The van der Waals surface area contributed by atoms with E-state index >= 15 is 0 Å². The van der Waals surface area contributed by atoms with Crippen molar-refractivity contribution in [2.45, 2.75) is 0 Å². The molecular formula is C18H13Cl2NO4. The average molecular weight is 378 g/mol. The number of aliphatic imine (C=N–C) groups is 1. The number of carbonyl (C=O) groups is 1. The van der Waals surface area contributed by atoms with Gasteiger partial charge in [0.1, 0.15) is 0 Å². The number of esters is 1. The fraction of sp³-hybridized carbons (Fsp3) is 0.111. The van der Waals surface area contributed by atoms with Crippen LogP contribution in [0, 0.1) is 0 Å². The molecule has 0 bridgehead atoms. The third-order valence-electron chi connectivity index (χ3n) is 3.49. The summed E-state index contributed by atoms with van der Waals surface area (Å²) in [4.78, 5) is 16.3. The minimum absolute atomic E-state index is 0.137. The highest BCUT2D eigenvalue weighted by molar-refractivity contribution is 6.37. The standard InChI is InChI=1S/C18H13Cl2NO4/c1-23-15-6-3-10(8-16(15)24-2)7-14-18(22)25-17(21-14)12-5-4-11(19)9-13(12)20/h3-9H,1-2H3. The lowest BCUT2D eigenvalue weighted by Gasteiger charge is -2.07. The van der Waals surface area contributed by atoms with Gasteiger partial charge in [-0.15, -0.1) is 0 Å². The summed E-state index contributed by atoms with van der Waals surface area (Å²) in [7, 11) is 3.09. The minimum Gasteiger partial charge on any atom is -0.493 e. The third-order valence-corrected chi connectivity index (χ3v) is 4.04. The Morgan fingerprint density at radius 2 is 1.80 bits per heavy atom. The van der Waals surface area contributed by atoms with Crippen LogP contribution < -0.4 is 9.47 Å². The first-order valence-electron chi connectivity index (χ1n) is 7.22. The predicted molar refractivity (Wildman–Crippen MR) is 96.6 cm³/mol. The van der Waals surface area contributed by atoms with E-state index in [1.165, 1.54) is 7.11 Å². The molecule has 1 aliphatic heterocycles. The molecule has 0 aromatic heterocycles.